The minimum Gasteiger partial charge on any atom is -0.396 e. The van der Waals surface area contributed by atoms with Crippen LogP contribution in [0, 0.1) is 12.3 Å². The van der Waals surface area contributed by atoms with Crippen molar-refractivity contribution in [1.29, 1.82) is 0 Å². The highest BCUT2D eigenvalue weighted by Gasteiger charge is 2.43. The molecule has 2 heteroatoms. The highest BCUT2D eigenvalue weighted by atomic mass is 16.3. The van der Waals surface area contributed by atoms with Crippen LogP contribution in [0.4, 0.5) is 0 Å². The van der Waals surface area contributed by atoms with Crippen LogP contribution in [0.5, 0.6) is 0 Å². The maximum atomic E-state index is 10.2. The third kappa shape index (κ3) is 2.88. The summed E-state index contributed by atoms with van der Waals surface area (Å²) in [5.41, 5.74) is 1.85. The van der Waals surface area contributed by atoms with E-state index in [-0.39, 0.29) is 12.0 Å². The smallest absolute Gasteiger partial charge is 0.0868 e. The minimum atomic E-state index is -0.517. The molecule has 0 radical (unpaired) electrons. The summed E-state index contributed by atoms with van der Waals surface area (Å²) in [6.07, 6.45) is 2.46. The summed E-state index contributed by atoms with van der Waals surface area (Å²) < 4.78 is 0. The van der Waals surface area contributed by atoms with Crippen molar-refractivity contribution in [3.05, 3.63) is 35.4 Å². The summed E-state index contributed by atoms with van der Waals surface area (Å²) in [4.78, 5) is 0. The topological polar surface area (TPSA) is 40.5 Å². The van der Waals surface area contributed by atoms with Gasteiger partial charge in [-0.15, -0.1) is 0 Å². The number of aliphatic hydroxyl groups excluding tert-OH is 2. The van der Waals surface area contributed by atoms with Crippen LogP contribution in [0.15, 0.2) is 24.3 Å². The van der Waals surface area contributed by atoms with Crippen LogP contribution in [0.3, 0.4) is 0 Å². The predicted molar refractivity (Wildman–Crippen MR) is 70.9 cm³/mol. The van der Waals surface area contributed by atoms with Gasteiger partial charge in [0.25, 0.3) is 0 Å². The molecule has 0 aromatic heterocycles. The van der Waals surface area contributed by atoms with Crippen LogP contribution < -0.4 is 0 Å². The Morgan fingerprint density at radius 3 is 2.06 bits per heavy atom. The summed E-state index contributed by atoms with van der Waals surface area (Å²) in [5.74, 6) is 0. The van der Waals surface area contributed by atoms with Crippen LogP contribution >= 0.6 is 0 Å². The van der Waals surface area contributed by atoms with E-state index in [2.05, 4.69) is 0 Å². The average molecular weight is 236 g/mol. The molecule has 1 aromatic rings. The molecule has 17 heavy (non-hydrogen) atoms. The van der Waals surface area contributed by atoms with Gasteiger partial charge in [-0.05, 0) is 25.3 Å². The molecular weight excluding hydrogens is 212 g/mol. The molecule has 1 unspecified atom stereocenters. The van der Waals surface area contributed by atoms with Crippen molar-refractivity contribution in [2.75, 3.05) is 6.61 Å². The van der Waals surface area contributed by atoms with Gasteiger partial charge in [0.2, 0.25) is 0 Å². The molecular formula is C15H24O2. The van der Waals surface area contributed by atoms with Crippen LogP contribution in [0.2, 0.25) is 0 Å². The van der Waals surface area contributed by atoms with Gasteiger partial charge in [0.1, 0.15) is 0 Å². The molecule has 0 saturated heterocycles. The average Bonchev–Trinajstić information content (AvgIpc) is 2.32. The van der Waals surface area contributed by atoms with Gasteiger partial charge >= 0.3 is 0 Å². The molecule has 1 aromatic carbocycles. The Balaban J connectivity index is 0.000000686. The zero-order valence-corrected chi connectivity index (χ0v) is 11.1. The van der Waals surface area contributed by atoms with Crippen LogP contribution in [-0.4, -0.2) is 16.8 Å². The van der Waals surface area contributed by atoms with Gasteiger partial charge in [-0.3, -0.25) is 0 Å². The fourth-order valence-electron chi connectivity index (χ4n) is 2.25. The molecule has 1 fully saturated rings. The Labute approximate surface area is 104 Å². The third-order valence-electron chi connectivity index (χ3n) is 3.64. The van der Waals surface area contributed by atoms with Gasteiger partial charge in [-0.1, -0.05) is 50.1 Å². The lowest BCUT2D eigenvalue weighted by Gasteiger charge is -2.44. The van der Waals surface area contributed by atoms with E-state index in [4.69, 9.17) is 0 Å². The van der Waals surface area contributed by atoms with Crippen molar-refractivity contribution < 1.29 is 10.2 Å². The molecule has 0 amide bonds. The first-order valence-electron chi connectivity index (χ1n) is 6.53. The summed E-state index contributed by atoms with van der Waals surface area (Å²) in [5, 5.41) is 19.6. The summed E-state index contributed by atoms with van der Waals surface area (Å²) in [6, 6.07) is 7.91. The summed E-state index contributed by atoms with van der Waals surface area (Å²) in [7, 11) is 0. The number of hydrogen-bond acceptors (Lipinski definition) is 2. The number of benzene rings is 1. The second-order valence-corrected chi connectivity index (χ2v) is 4.69. The molecule has 1 aliphatic rings. The molecule has 2 nitrogen and oxygen atoms in total. The van der Waals surface area contributed by atoms with Crippen LogP contribution in [0.25, 0.3) is 0 Å². The molecule has 0 heterocycles. The SMILES string of the molecule is CC.Cc1ccc(C(O)C2(CO)CCC2)cc1. The largest absolute Gasteiger partial charge is 0.396 e. The van der Waals surface area contributed by atoms with Crippen LogP contribution in [0.1, 0.15) is 50.3 Å². The molecule has 1 atom stereocenters. The lowest BCUT2D eigenvalue weighted by Crippen LogP contribution is -2.39. The van der Waals surface area contributed by atoms with Gasteiger partial charge in [0.05, 0.1) is 12.7 Å². The Hall–Kier alpha value is -0.860. The fourth-order valence-corrected chi connectivity index (χ4v) is 2.25. The zero-order chi connectivity index (χ0) is 12.9. The molecule has 0 aliphatic heterocycles. The lowest BCUT2D eigenvalue weighted by atomic mass is 9.64. The molecule has 2 N–H and O–H groups in total. The molecule has 1 aliphatic carbocycles. The van der Waals surface area contributed by atoms with Crippen molar-refractivity contribution in [2.45, 2.75) is 46.1 Å². The Bertz CT molecular complexity index is 320. The first-order chi connectivity index (χ1) is 8.18. The van der Waals surface area contributed by atoms with Gasteiger partial charge in [-0.25, -0.2) is 0 Å². The van der Waals surface area contributed by atoms with Gasteiger partial charge in [-0.2, -0.15) is 0 Å². The summed E-state index contributed by atoms with van der Waals surface area (Å²) >= 11 is 0. The normalized spacial score (nSPS) is 18.6. The first-order valence-corrected chi connectivity index (χ1v) is 6.53. The molecule has 0 bridgehead atoms. The van der Waals surface area contributed by atoms with Crippen molar-refractivity contribution >= 4 is 0 Å². The van der Waals surface area contributed by atoms with E-state index in [0.29, 0.717) is 0 Å². The highest BCUT2D eigenvalue weighted by Crippen LogP contribution is 2.49. The Morgan fingerprint density at radius 1 is 1.18 bits per heavy atom. The van der Waals surface area contributed by atoms with Crippen LogP contribution in [-0.2, 0) is 0 Å². The fraction of sp³-hybridized carbons (Fsp3) is 0.600. The third-order valence-corrected chi connectivity index (χ3v) is 3.64. The van der Waals surface area contributed by atoms with Crippen molar-refractivity contribution in [3.63, 3.8) is 0 Å². The molecule has 96 valence electrons. The monoisotopic (exact) mass is 236 g/mol. The standard InChI is InChI=1S/C13H18O2.C2H6/c1-10-3-5-11(6-4-10)12(15)13(9-14)7-2-8-13;1-2/h3-6,12,14-15H,2,7-9H2,1H3;1-2H3. The van der Waals surface area contributed by atoms with E-state index < -0.39 is 6.10 Å². The zero-order valence-electron chi connectivity index (χ0n) is 11.1. The quantitative estimate of drug-likeness (QED) is 0.846. The minimum absolute atomic E-state index is 0.0854. The second kappa shape index (κ2) is 6.18. The van der Waals surface area contributed by atoms with Gasteiger partial charge < -0.3 is 10.2 Å². The van der Waals surface area contributed by atoms with Crippen molar-refractivity contribution in [3.8, 4) is 0 Å². The van der Waals surface area contributed by atoms with E-state index in [1.54, 1.807) is 0 Å². The van der Waals surface area contributed by atoms with Gasteiger partial charge in [0, 0.05) is 5.41 Å². The number of aliphatic hydroxyl groups is 2. The number of hydrogen-bond donors (Lipinski definition) is 2. The Morgan fingerprint density at radius 2 is 1.71 bits per heavy atom. The second-order valence-electron chi connectivity index (χ2n) is 4.69. The molecule has 2 rings (SSSR count). The molecule has 1 saturated carbocycles. The number of rotatable bonds is 3. The lowest BCUT2D eigenvalue weighted by molar-refractivity contribution is -0.0734. The molecule has 0 spiro atoms. The van der Waals surface area contributed by atoms with Crippen molar-refractivity contribution in [1.82, 2.24) is 0 Å². The van der Waals surface area contributed by atoms with Crippen molar-refractivity contribution in [2.24, 2.45) is 5.41 Å². The van der Waals surface area contributed by atoms with Gasteiger partial charge in [0.15, 0.2) is 0 Å². The van der Waals surface area contributed by atoms with E-state index >= 15 is 0 Å². The maximum absolute atomic E-state index is 10.2. The highest BCUT2D eigenvalue weighted by molar-refractivity contribution is 5.25. The van der Waals surface area contributed by atoms with E-state index in [9.17, 15) is 10.2 Å². The first kappa shape index (κ1) is 14.2. The number of aryl methyl sites for hydroxylation is 1. The maximum Gasteiger partial charge on any atom is 0.0868 e. The van der Waals surface area contributed by atoms with E-state index in [1.807, 2.05) is 45.0 Å². The van der Waals surface area contributed by atoms with E-state index in [0.717, 1.165) is 24.8 Å². The Kier molecular flexibility index (Phi) is 5.16. The summed E-state index contributed by atoms with van der Waals surface area (Å²) in [6.45, 7) is 6.11. The van der Waals surface area contributed by atoms with E-state index in [1.165, 1.54) is 5.56 Å². The predicted octanol–water partition coefficient (Wildman–Crippen LogP) is 3.22.